The first-order chi connectivity index (χ1) is 6.24. The summed E-state index contributed by atoms with van der Waals surface area (Å²) < 4.78 is 0. The van der Waals surface area contributed by atoms with Crippen LogP contribution in [-0.4, -0.2) is 16.6 Å². The minimum atomic E-state index is -0.0727. The summed E-state index contributed by atoms with van der Waals surface area (Å²) in [5, 5.41) is 2.76. The minimum absolute atomic E-state index is 0.0128. The van der Waals surface area contributed by atoms with Crippen molar-refractivity contribution in [2.45, 2.75) is 6.92 Å². The maximum absolute atomic E-state index is 11.4. The van der Waals surface area contributed by atoms with Gasteiger partial charge >= 0.3 is 0 Å². The second-order valence-electron chi connectivity index (χ2n) is 2.81. The third kappa shape index (κ3) is 3.06. The van der Waals surface area contributed by atoms with Crippen LogP contribution < -0.4 is 5.32 Å². The van der Waals surface area contributed by atoms with Crippen molar-refractivity contribution >= 4 is 24.2 Å². The molecule has 4 heteroatoms. The van der Waals surface area contributed by atoms with Gasteiger partial charge in [0.05, 0.1) is 0 Å². The van der Waals surface area contributed by atoms with Crippen molar-refractivity contribution in [1.82, 2.24) is 4.98 Å². The van der Waals surface area contributed by atoms with E-state index >= 15 is 0 Å². The second kappa shape index (κ2) is 4.87. The highest BCUT2D eigenvalue weighted by Gasteiger charge is 2.10. The van der Waals surface area contributed by atoms with Crippen molar-refractivity contribution in [3.05, 3.63) is 24.5 Å². The van der Waals surface area contributed by atoms with E-state index in [1.807, 2.05) is 6.92 Å². The zero-order valence-electron chi connectivity index (χ0n) is 7.40. The Morgan fingerprint density at radius 1 is 1.62 bits per heavy atom. The van der Waals surface area contributed by atoms with Crippen LogP contribution in [0.5, 0.6) is 0 Å². The molecule has 0 radical (unpaired) electrons. The fraction of sp³-hybridized carbons (Fsp3) is 0.333. The SMILES string of the molecule is CC(CS)C(=O)Nc1ccncc1. The average molecular weight is 196 g/mol. The van der Waals surface area contributed by atoms with E-state index < -0.39 is 0 Å². The molecule has 1 rings (SSSR count). The molecule has 0 bridgehead atoms. The van der Waals surface area contributed by atoms with E-state index in [-0.39, 0.29) is 11.8 Å². The molecule has 70 valence electrons. The molecule has 0 spiro atoms. The zero-order chi connectivity index (χ0) is 9.68. The number of hydrogen-bond acceptors (Lipinski definition) is 3. The lowest BCUT2D eigenvalue weighted by molar-refractivity contribution is -0.118. The number of pyridine rings is 1. The molecule has 0 aliphatic rings. The standard InChI is InChI=1S/C9H12N2OS/c1-7(6-13)9(12)11-8-2-4-10-5-3-8/h2-5,7,13H,6H2,1H3,(H,10,11,12). The van der Waals surface area contributed by atoms with Crippen LogP contribution >= 0.6 is 12.6 Å². The van der Waals surface area contributed by atoms with Crippen molar-refractivity contribution < 1.29 is 4.79 Å². The molecule has 0 aliphatic heterocycles. The Morgan fingerprint density at radius 3 is 2.77 bits per heavy atom. The van der Waals surface area contributed by atoms with E-state index in [0.717, 1.165) is 5.69 Å². The lowest BCUT2D eigenvalue weighted by Gasteiger charge is -2.08. The number of aromatic nitrogens is 1. The van der Waals surface area contributed by atoms with Gasteiger partial charge in [-0.05, 0) is 12.1 Å². The second-order valence-corrected chi connectivity index (χ2v) is 3.17. The summed E-state index contributed by atoms with van der Waals surface area (Å²) in [6.07, 6.45) is 3.28. The fourth-order valence-electron chi connectivity index (χ4n) is 0.784. The van der Waals surface area contributed by atoms with Gasteiger partial charge in [-0.2, -0.15) is 12.6 Å². The molecule has 1 aromatic heterocycles. The highest BCUT2D eigenvalue weighted by atomic mass is 32.1. The third-order valence-electron chi connectivity index (χ3n) is 1.67. The molecule has 0 fully saturated rings. The van der Waals surface area contributed by atoms with Gasteiger partial charge < -0.3 is 5.32 Å². The zero-order valence-corrected chi connectivity index (χ0v) is 8.29. The largest absolute Gasteiger partial charge is 0.326 e. The molecule has 13 heavy (non-hydrogen) atoms. The number of thiol groups is 1. The van der Waals surface area contributed by atoms with Gasteiger partial charge in [-0.25, -0.2) is 0 Å². The van der Waals surface area contributed by atoms with Crippen molar-refractivity contribution in [2.75, 3.05) is 11.1 Å². The van der Waals surface area contributed by atoms with Gasteiger partial charge in [0.1, 0.15) is 0 Å². The lowest BCUT2D eigenvalue weighted by Crippen LogP contribution is -2.21. The number of amides is 1. The summed E-state index contributed by atoms with van der Waals surface area (Å²) in [6, 6.07) is 3.51. The normalized spacial score (nSPS) is 12.2. The predicted molar refractivity (Wildman–Crippen MR) is 55.9 cm³/mol. The van der Waals surface area contributed by atoms with Gasteiger partial charge in [0, 0.05) is 29.8 Å². The maximum atomic E-state index is 11.4. The summed E-state index contributed by atoms with van der Waals surface area (Å²) in [7, 11) is 0. The molecular weight excluding hydrogens is 184 g/mol. The van der Waals surface area contributed by atoms with Crippen LogP contribution in [0.3, 0.4) is 0 Å². The molecule has 0 aliphatic carbocycles. The quantitative estimate of drug-likeness (QED) is 0.721. The minimum Gasteiger partial charge on any atom is -0.326 e. The lowest BCUT2D eigenvalue weighted by atomic mass is 10.2. The highest BCUT2D eigenvalue weighted by molar-refractivity contribution is 7.80. The number of hydrogen-bond donors (Lipinski definition) is 2. The molecule has 1 N–H and O–H groups in total. The van der Waals surface area contributed by atoms with Crippen molar-refractivity contribution in [3.8, 4) is 0 Å². The van der Waals surface area contributed by atoms with Crippen LogP contribution in [0.25, 0.3) is 0 Å². The van der Waals surface area contributed by atoms with E-state index in [1.165, 1.54) is 0 Å². The molecule has 1 unspecified atom stereocenters. The molecule has 0 aromatic carbocycles. The first kappa shape index (κ1) is 10.1. The molecule has 1 atom stereocenters. The Bertz CT molecular complexity index is 276. The van der Waals surface area contributed by atoms with Crippen molar-refractivity contribution in [3.63, 3.8) is 0 Å². The summed E-state index contributed by atoms with van der Waals surface area (Å²) in [6.45, 7) is 1.84. The van der Waals surface area contributed by atoms with Crippen LogP contribution in [0.4, 0.5) is 5.69 Å². The molecule has 0 saturated heterocycles. The summed E-state index contributed by atoms with van der Waals surface area (Å²) in [5.41, 5.74) is 0.772. The van der Waals surface area contributed by atoms with Gasteiger partial charge in [-0.15, -0.1) is 0 Å². The number of nitrogens with one attached hydrogen (secondary N) is 1. The topological polar surface area (TPSA) is 42.0 Å². The molecule has 1 aromatic rings. The van der Waals surface area contributed by atoms with Gasteiger partial charge in [-0.3, -0.25) is 9.78 Å². The number of nitrogens with zero attached hydrogens (tertiary/aromatic N) is 1. The third-order valence-corrected chi connectivity index (χ3v) is 2.22. The predicted octanol–water partition coefficient (Wildman–Crippen LogP) is 1.59. The van der Waals surface area contributed by atoms with E-state index in [0.29, 0.717) is 5.75 Å². The Balaban J connectivity index is 2.55. The maximum Gasteiger partial charge on any atom is 0.228 e. The van der Waals surface area contributed by atoms with Crippen LogP contribution in [0, 0.1) is 5.92 Å². The summed E-state index contributed by atoms with van der Waals surface area (Å²) >= 11 is 4.05. The number of carbonyl (C=O) groups excluding carboxylic acids is 1. The Hall–Kier alpha value is -1.03. The smallest absolute Gasteiger partial charge is 0.228 e. The van der Waals surface area contributed by atoms with Gasteiger partial charge in [0.2, 0.25) is 5.91 Å². The number of rotatable bonds is 3. The molecular formula is C9H12N2OS. The highest BCUT2D eigenvalue weighted by Crippen LogP contribution is 2.06. The van der Waals surface area contributed by atoms with Crippen LogP contribution in [0.2, 0.25) is 0 Å². The Morgan fingerprint density at radius 2 is 2.23 bits per heavy atom. The first-order valence-corrected chi connectivity index (χ1v) is 4.69. The Labute approximate surface area is 83.0 Å². The molecule has 0 saturated carbocycles. The van der Waals surface area contributed by atoms with Gasteiger partial charge in [0.15, 0.2) is 0 Å². The molecule has 1 heterocycles. The summed E-state index contributed by atoms with van der Waals surface area (Å²) in [5.74, 6) is 0.467. The van der Waals surface area contributed by atoms with E-state index in [9.17, 15) is 4.79 Å². The number of carbonyl (C=O) groups is 1. The van der Waals surface area contributed by atoms with Crippen molar-refractivity contribution in [2.24, 2.45) is 5.92 Å². The van der Waals surface area contributed by atoms with Crippen LogP contribution in [0.1, 0.15) is 6.92 Å². The van der Waals surface area contributed by atoms with E-state index in [2.05, 4.69) is 22.9 Å². The van der Waals surface area contributed by atoms with Crippen LogP contribution in [0.15, 0.2) is 24.5 Å². The van der Waals surface area contributed by atoms with Crippen LogP contribution in [-0.2, 0) is 4.79 Å². The van der Waals surface area contributed by atoms with E-state index in [1.54, 1.807) is 24.5 Å². The van der Waals surface area contributed by atoms with Gasteiger partial charge in [-0.1, -0.05) is 6.92 Å². The molecule has 1 amide bonds. The van der Waals surface area contributed by atoms with Gasteiger partial charge in [0.25, 0.3) is 0 Å². The monoisotopic (exact) mass is 196 g/mol. The average Bonchev–Trinajstić information content (AvgIpc) is 2.18. The van der Waals surface area contributed by atoms with E-state index in [4.69, 9.17) is 0 Å². The fourth-order valence-corrected chi connectivity index (χ4v) is 0.949. The Kier molecular flexibility index (Phi) is 3.76. The van der Waals surface area contributed by atoms with Crippen molar-refractivity contribution in [1.29, 1.82) is 0 Å². The molecule has 3 nitrogen and oxygen atoms in total. The first-order valence-electron chi connectivity index (χ1n) is 4.06. The number of anilines is 1. The summed E-state index contributed by atoms with van der Waals surface area (Å²) in [4.78, 5) is 15.2.